The Kier molecular flexibility index (Phi) is 6.45. The van der Waals surface area contributed by atoms with Crippen LogP contribution in [0, 0.1) is 6.92 Å². The lowest BCUT2D eigenvalue weighted by atomic mass is 9.89. The van der Waals surface area contributed by atoms with Crippen molar-refractivity contribution in [3.8, 4) is 0 Å². The second kappa shape index (κ2) is 9.32. The first kappa shape index (κ1) is 23.5. The Morgan fingerprint density at radius 3 is 2.65 bits per heavy atom. The molecule has 34 heavy (non-hydrogen) atoms. The predicted octanol–water partition coefficient (Wildman–Crippen LogP) is 5.40. The minimum atomic E-state index is -4.56. The number of nitrogens with one attached hydrogen (secondary N) is 2. The van der Waals surface area contributed by atoms with Gasteiger partial charge in [0.1, 0.15) is 0 Å². The van der Waals surface area contributed by atoms with Crippen LogP contribution in [0.15, 0.2) is 55.1 Å². The van der Waals surface area contributed by atoms with Gasteiger partial charge in [0.05, 0.1) is 22.6 Å². The highest BCUT2D eigenvalue weighted by molar-refractivity contribution is 6.04. The van der Waals surface area contributed by atoms with Crippen molar-refractivity contribution < 1.29 is 22.8 Å². The number of benzene rings is 2. The molecule has 0 radical (unpaired) electrons. The van der Waals surface area contributed by atoms with E-state index in [1.54, 1.807) is 0 Å². The van der Waals surface area contributed by atoms with Crippen LogP contribution < -0.4 is 10.6 Å². The molecule has 3 aromatic rings. The number of rotatable bonds is 5. The zero-order valence-corrected chi connectivity index (χ0v) is 18.7. The first-order valence-electron chi connectivity index (χ1n) is 11.1. The van der Waals surface area contributed by atoms with Crippen molar-refractivity contribution >= 4 is 28.8 Å². The molecule has 1 fully saturated rings. The smallest absolute Gasteiger partial charge is 0.348 e. The molecule has 0 saturated heterocycles. The monoisotopic (exact) mass is 470 g/mol. The number of carbonyl (C=O) groups excluding carboxylic acids is 2. The first-order chi connectivity index (χ1) is 16.2. The molecule has 2 atom stereocenters. The van der Waals surface area contributed by atoms with Crippen LogP contribution in [0.25, 0.3) is 11.0 Å². The molecule has 1 saturated carbocycles. The Morgan fingerprint density at radius 2 is 1.91 bits per heavy atom. The van der Waals surface area contributed by atoms with E-state index in [0.29, 0.717) is 5.52 Å². The Hall–Kier alpha value is -3.62. The second-order valence-electron chi connectivity index (χ2n) is 8.50. The highest BCUT2D eigenvalue weighted by atomic mass is 19.4. The minimum absolute atomic E-state index is 0.121. The summed E-state index contributed by atoms with van der Waals surface area (Å²) in [5.41, 5.74) is 1.38. The number of carbonyl (C=O) groups is 2. The SMILES string of the molecule is C=CC(=O)N[C@H]1CCCC[C@H]1n1c(NC(=O)c2cccc(C(F)(F)F)c2)nc2cc(C)ccc21. The molecule has 4 rings (SSSR count). The topological polar surface area (TPSA) is 76.0 Å². The number of anilines is 1. The second-order valence-corrected chi connectivity index (χ2v) is 8.50. The molecule has 1 heterocycles. The van der Waals surface area contributed by atoms with Crippen molar-refractivity contribution in [2.45, 2.75) is 50.9 Å². The molecule has 0 aliphatic heterocycles. The van der Waals surface area contributed by atoms with Crippen molar-refractivity contribution in [1.82, 2.24) is 14.9 Å². The van der Waals surface area contributed by atoms with Crippen LogP contribution >= 0.6 is 0 Å². The summed E-state index contributed by atoms with van der Waals surface area (Å²) in [5.74, 6) is -0.749. The third kappa shape index (κ3) is 4.83. The number of alkyl halides is 3. The van der Waals surface area contributed by atoms with Gasteiger partial charge in [-0.05, 0) is 61.7 Å². The summed E-state index contributed by atoms with van der Waals surface area (Å²) in [5, 5.41) is 5.69. The average molecular weight is 470 g/mol. The molecule has 0 bridgehead atoms. The third-order valence-electron chi connectivity index (χ3n) is 6.10. The number of nitrogens with zero attached hydrogens (tertiary/aromatic N) is 2. The lowest BCUT2D eigenvalue weighted by Gasteiger charge is -2.34. The van der Waals surface area contributed by atoms with E-state index in [1.807, 2.05) is 29.7 Å². The predicted molar refractivity (Wildman–Crippen MR) is 123 cm³/mol. The van der Waals surface area contributed by atoms with Gasteiger partial charge in [-0.25, -0.2) is 4.98 Å². The van der Waals surface area contributed by atoms with Gasteiger partial charge in [-0.15, -0.1) is 0 Å². The van der Waals surface area contributed by atoms with Crippen molar-refractivity contribution in [2.24, 2.45) is 0 Å². The Bertz CT molecular complexity index is 1250. The van der Waals surface area contributed by atoms with E-state index in [4.69, 9.17) is 0 Å². The Balaban J connectivity index is 1.74. The summed E-state index contributed by atoms with van der Waals surface area (Å²) in [4.78, 5) is 29.6. The highest BCUT2D eigenvalue weighted by Crippen LogP contribution is 2.35. The molecular weight excluding hydrogens is 445 g/mol. The van der Waals surface area contributed by atoms with Crippen LogP contribution in [0.3, 0.4) is 0 Å². The summed E-state index contributed by atoms with van der Waals surface area (Å²) in [7, 11) is 0. The highest BCUT2D eigenvalue weighted by Gasteiger charge is 2.33. The number of halogens is 3. The number of fused-ring (bicyclic) bond motifs is 1. The standard InChI is InChI=1S/C25H25F3N4O2/c1-3-22(33)29-18-9-4-5-10-20(18)32-21-12-11-15(2)13-19(21)30-24(32)31-23(34)16-7-6-8-17(14-16)25(26,27)28/h3,6-8,11-14,18,20H,1,4-5,9-10H2,2H3,(H,29,33)(H,30,31,34)/t18-,20+/m0/s1. The fraction of sp³-hybridized carbons (Fsp3) is 0.320. The Morgan fingerprint density at radius 1 is 1.15 bits per heavy atom. The van der Waals surface area contributed by atoms with Crippen molar-refractivity contribution in [2.75, 3.05) is 5.32 Å². The molecule has 6 nitrogen and oxygen atoms in total. The number of amides is 2. The Labute approximate surface area is 194 Å². The van der Waals surface area contributed by atoms with Gasteiger partial charge in [0.15, 0.2) is 0 Å². The van der Waals surface area contributed by atoms with Gasteiger partial charge in [0.25, 0.3) is 5.91 Å². The van der Waals surface area contributed by atoms with Crippen molar-refractivity contribution in [3.05, 3.63) is 71.8 Å². The molecule has 2 amide bonds. The van der Waals surface area contributed by atoms with E-state index in [0.717, 1.165) is 48.9 Å². The maximum absolute atomic E-state index is 13.1. The molecular formula is C25H25F3N4O2. The third-order valence-corrected chi connectivity index (χ3v) is 6.10. The molecule has 0 spiro atoms. The quantitative estimate of drug-likeness (QED) is 0.490. The van der Waals surface area contributed by atoms with Crippen molar-refractivity contribution in [1.29, 1.82) is 0 Å². The van der Waals surface area contributed by atoms with Gasteiger partial charge < -0.3 is 9.88 Å². The summed E-state index contributed by atoms with van der Waals surface area (Å²) in [6.07, 6.45) is 0.0234. The van der Waals surface area contributed by atoms with Gasteiger partial charge >= 0.3 is 6.18 Å². The summed E-state index contributed by atoms with van der Waals surface area (Å²) < 4.78 is 41.3. The number of imidazole rings is 1. The van der Waals surface area contributed by atoms with Crippen LogP contribution in [-0.4, -0.2) is 27.4 Å². The van der Waals surface area contributed by atoms with Crippen LogP contribution in [0.1, 0.15) is 53.2 Å². The van der Waals surface area contributed by atoms with Crippen LogP contribution in [0.4, 0.5) is 19.1 Å². The van der Waals surface area contributed by atoms with Gasteiger partial charge in [0, 0.05) is 11.6 Å². The number of hydrogen-bond donors (Lipinski definition) is 2. The van der Waals surface area contributed by atoms with Gasteiger partial charge in [0.2, 0.25) is 11.9 Å². The average Bonchev–Trinajstić information content (AvgIpc) is 3.15. The van der Waals surface area contributed by atoms with Gasteiger partial charge in [-0.3, -0.25) is 14.9 Å². The summed E-state index contributed by atoms with van der Waals surface area (Å²) in [6, 6.07) is 9.58. The van der Waals surface area contributed by atoms with Gasteiger partial charge in [-0.1, -0.05) is 31.6 Å². The number of aromatic nitrogens is 2. The van der Waals surface area contributed by atoms with Crippen LogP contribution in [0.5, 0.6) is 0 Å². The lowest BCUT2D eigenvalue weighted by Crippen LogP contribution is -2.42. The molecule has 2 aromatic carbocycles. The lowest BCUT2D eigenvalue weighted by molar-refractivity contribution is -0.137. The van der Waals surface area contributed by atoms with E-state index < -0.39 is 17.6 Å². The van der Waals surface area contributed by atoms with Gasteiger partial charge in [-0.2, -0.15) is 13.2 Å². The van der Waals surface area contributed by atoms with Crippen molar-refractivity contribution in [3.63, 3.8) is 0 Å². The normalized spacial score (nSPS) is 18.5. The fourth-order valence-electron chi connectivity index (χ4n) is 4.47. The zero-order chi connectivity index (χ0) is 24.5. The summed E-state index contributed by atoms with van der Waals surface area (Å²) in [6.45, 7) is 5.44. The van der Waals surface area contributed by atoms with E-state index in [1.165, 1.54) is 18.2 Å². The van der Waals surface area contributed by atoms with E-state index in [9.17, 15) is 22.8 Å². The molecule has 178 valence electrons. The van der Waals surface area contributed by atoms with E-state index in [2.05, 4.69) is 22.2 Å². The molecule has 1 aliphatic carbocycles. The largest absolute Gasteiger partial charge is 0.416 e. The summed E-state index contributed by atoms with van der Waals surface area (Å²) >= 11 is 0. The van der Waals surface area contributed by atoms with E-state index >= 15 is 0 Å². The minimum Gasteiger partial charge on any atom is -0.348 e. The fourth-order valence-corrected chi connectivity index (χ4v) is 4.47. The number of aryl methyl sites for hydroxylation is 1. The first-order valence-corrected chi connectivity index (χ1v) is 11.1. The molecule has 0 unspecified atom stereocenters. The molecule has 2 N–H and O–H groups in total. The van der Waals surface area contributed by atoms with Crippen LogP contribution in [-0.2, 0) is 11.0 Å². The maximum Gasteiger partial charge on any atom is 0.416 e. The molecule has 9 heteroatoms. The maximum atomic E-state index is 13.1. The number of hydrogen-bond acceptors (Lipinski definition) is 3. The zero-order valence-electron chi connectivity index (χ0n) is 18.7. The van der Waals surface area contributed by atoms with E-state index in [-0.39, 0.29) is 29.5 Å². The van der Waals surface area contributed by atoms with Crippen LogP contribution in [0.2, 0.25) is 0 Å². The molecule has 1 aliphatic rings. The molecule has 1 aromatic heterocycles.